The van der Waals surface area contributed by atoms with Crippen LogP contribution in [0.5, 0.6) is 0 Å². The lowest BCUT2D eigenvalue weighted by molar-refractivity contribution is -0.115. The minimum Gasteiger partial charge on any atom is -0.449 e. The Balaban J connectivity index is 1.58. The number of furan rings is 1. The van der Waals surface area contributed by atoms with Gasteiger partial charge in [-0.3, -0.25) is 9.59 Å². The molecule has 0 saturated carbocycles. The number of rotatable bonds is 5. The molecule has 8 heteroatoms. The quantitative estimate of drug-likeness (QED) is 0.578. The van der Waals surface area contributed by atoms with E-state index in [4.69, 9.17) is 20.8 Å². The van der Waals surface area contributed by atoms with E-state index in [1.807, 2.05) is 37.3 Å². The third kappa shape index (κ3) is 4.48. The summed E-state index contributed by atoms with van der Waals surface area (Å²) in [5.74, 6) is -0.310. The van der Waals surface area contributed by atoms with E-state index in [-0.39, 0.29) is 22.8 Å². The number of carbonyl (C=O) groups is 2. The van der Waals surface area contributed by atoms with Crippen LogP contribution in [-0.2, 0) is 9.53 Å². The second kappa shape index (κ2) is 9.12. The predicted molar refractivity (Wildman–Crippen MR) is 118 cm³/mol. The summed E-state index contributed by atoms with van der Waals surface area (Å²) in [6.45, 7) is 3.78. The number of nitrogens with one attached hydrogen (secondary N) is 1. The van der Waals surface area contributed by atoms with Crippen LogP contribution < -0.4 is 5.32 Å². The molecule has 156 valence electrons. The zero-order chi connectivity index (χ0) is 21.1. The Labute approximate surface area is 183 Å². The van der Waals surface area contributed by atoms with Crippen LogP contribution >= 0.6 is 23.4 Å². The Morgan fingerprint density at radius 1 is 1.10 bits per heavy atom. The SMILES string of the molecule is CC(Sc1ccc(Cl)cc1)C(=O)Nc1c(C(=O)N2CCOCC2)oc2ccccc12. The predicted octanol–water partition coefficient (Wildman–Crippen LogP) is 4.68. The summed E-state index contributed by atoms with van der Waals surface area (Å²) in [7, 11) is 0. The number of hydrogen-bond acceptors (Lipinski definition) is 5. The molecule has 0 spiro atoms. The zero-order valence-electron chi connectivity index (χ0n) is 16.4. The second-order valence-corrected chi connectivity index (χ2v) is 8.76. The van der Waals surface area contributed by atoms with Crippen molar-refractivity contribution in [2.24, 2.45) is 0 Å². The third-order valence-corrected chi connectivity index (χ3v) is 6.20. The van der Waals surface area contributed by atoms with E-state index in [1.54, 1.807) is 23.1 Å². The Bertz CT molecular complexity index is 1060. The molecule has 30 heavy (non-hydrogen) atoms. The molecule has 2 aromatic carbocycles. The molecule has 2 heterocycles. The number of halogens is 1. The summed E-state index contributed by atoms with van der Waals surface area (Å²) in [6, 6.07) is 14.6. The summed E-state index contributed by atoms with van der Waals surface area (Å²) < 4.78 is 11.2. The van der Waals surface area contributed by atoms with Gasteiger partial charge in [0.1, 0.15) is 11.3 Å². The lowest BCUT2D eigenvalue weighted by atomic mass is 10.2. The molecule has 4 rings (SSSR count). The van der Waals surface area contributed by atoms with Crippen molar-refractivity contribution in [3.8, 4) is 0 Å². The van der Waals surface area contributed by atoms with Gasteiger partial charge in [0.05, 0.1) is 18.5 Å². The first-order valence-corrected chi connectivity index (χ1v) is 10.9. The van der Waals surface area contributed by atoms with Gasteiger partial charge in [0, 0.05) is 28.4 Å². The first-order chi connectivity index (χ1) is 14.5. The average Bonchev–Trinajstić information content (AvgIpc) is 3.13. The number of amides is 2. The molecule has 1 fully saturated rings. The molecule has 1 aliphatic heterocycles. The number of ether oxygens (including phenoxy) is 1. The molecule has 0 bridgehead atoms. The first-order valence-electron chi connectivity index (χ1n) is 9.64. The Morgan fingerprint density at radius 3 is 2.53 bits per heavy atom. The normalized spacial score (nSPS) is 15.2. The minimum absolute atomic E-state index is 0.148. The lowest BCUT2D eigenvalue weighted by Gasteiger charge is -2.26. The van der Waals surface area contributed by atoms with Gasteiger partial charge in [-0.25, -0.2) is 0 Å². The smallest absolute Gasteiger partial charge is 0.291 e. The summed E-state index contributed by atoms with van der Waals surface area (Å²) in [4.78, 5) is 28.6. The molecule has 2 amide bonds. The fourth-order valence-electron chi connectivity index (χ4n) is 3.23. The van der Waals surface area contributed by atoms with Gasteiger partial charge in [-0.1, -0.05) is 23.7 Å². The minimum atomic E-state index is -0.383. The number of nitrogens with zero attached hydrogens (tertiary/aromatic N) is 1. The van der Waals surface area contributed by atoms with Crippen LogP contribution in [0.3, 0.4) is 0 Å². The second-order valence-electron chi connectivity index (χ2n) is 6.91. The molecule has 1 saturated heterocycles. The fourth-order valence-corrected chi connectivity index (χ4v) is 4.22. The van der Waals surface area contributed by atoms with Gasteiger partial charge in [0.25, 0.3) is 5.91 Å². The van der Waals surface area contributed by atoms with Crippen LogP contribution in [0.1, 0.15) is 17.5 Å². The van der Waals surface area contributed by atoms with E-state index in [1.165, 1.54) is 11.8 Å². The number of benzene rings is 2. The van der Waals surface area contributed by atoms with E-state index >= 15 is 0 Å². The van der Waals surface area contributed by atoms with Crippen molar-refractivity contribution < 1.29 is 18.7 Å². The van der Waals surface area contributed by atoms with E-state index in [9.17, 15) is 9.59 Å². The average molecular weight is 445 g/mol. The molecule has 1 unspecified atom stereocenters. The highest BCUT2D eigenvalue weighted by atomic mass is 35.5. The van der Waals surface area contributed by atoms with Crippen LogP contribution in [0.25, 0.3) is 11.0 Å². The molecular weight excluding hydrogens is 424 g/mol. The van der Waals surface area contributed by atoms with Crippen LogP contribution in [0.4, 0.5) is 5.69 Å². The molecule has 3 aromatic rings. The van der Waals surface area contributed by atoms with Crippen molar-refractivity contribution in [1.82, 2.24) is 4.90 Å². The molecule has 6 nitrogen and oxygen atoms in total. The van der Waals surface area contributed by atoms with Crippen molar-refractivity contribution in [3.63, 3.8) is 0 Å². The Morgan fingerprint density at radius 2 is 1.80 bits per heavy atom. The monoisotopic (exact) mass is 444 g/mol. The van der Waals surface area contributed by atoms with Gasteiger partial charge >= 0.3 is 0 Å². The molecule has 1 atom stereocenters. The standard InChI is InChI=1S/C22H21ClN2O4S/c1-14(30-16-8-6-15(23)7-9-16)21(26)24-19-17-4-2-3-5-18(17)29-20(19)22(27)25-10-12-28-13-11-25/h2-9,14H,10-13H2,1H3,(H,24,26). The van der Waals surface area contributed by atoms with Gasteiger partial charge in [-0.2, -0.15) is 0 Å². The topological polar surface area (TPSA) is 71.8 Å². The van der Waals surface area contributed by atoms with Crippen molar-refractivity contribution >= 4 is 51.8 Å². The number of carbonyl (C=O) groups excluding carboxylic acids is 2. The number of para-hydroxylation sites is 1. The number of hydrogen-bond donors (Lipinski definition) is 1. The van der Waals surface area contributed by atoms with Crippen molar-refractivity contribution in [3.05, 3.63) is 59.3 Å². The highest BCUT2D eigenvalue weighted by Crippen LogP contribution is 2.33. The maximum Gasteiger partial charge on any atom is 0.291 e. The van der Waals surface area contributed by atoms with Gasteiger partial charge in [-0.05, 0) is 43.3 Å². The third-order valence-electron chi connectivity index (χ3n) is 4.83. The summed E-state index contributed by atoms with van der Waals surface area (Å²) >= 11 is 7.35. The van der Waals surface area contributed by atoms with Crippen molar-refractivity contribution in [2.75, 3.05) is 31.6 Å². The number of thioether (sulfide) groups is 1. The van der Waals surface area contributed by atoms with E-state index in [0.29, 0.717) is 48.0 Å². The molecule has 1 aliphatic rings. The number of anilines is 1. The van der Waals surface area contributed by atoms with Crippen molar-refractivity contribution in [1.29, 1.82) is 0 Å². The Kier molecular flexibility index (Phi) is 6.32. The van der Waals surface area contributed by atoms with Gasteiger partial charge in [0.2, 0.25) is 11.7 Å². The van der Waals surface area contributed by atoms with Gasteiger partial charge in [-0.15, -0.1) is 11.8 Å². The van der Waals surface area contributed by atoms with Crippen LogP contribution in [0.2, 0.25) is 5.02 Å². The van der Waals surface area contributed by atoms with Gasteiger partial charge in [0.15, 0.2) is 0 Å². The number of fused-ring (bicyclic) bond motifs is 1. The lowest BCUT2D eigenvalue weighted by Crippen LogP contribution is -2.40. The summed E-state index contributed by atoms with van der Waals surface area (Å²) in [6.07, 6.45) is 0. The van der Waals surface area contributed by atoms with Crippen LogP contribution in [-0.4, -0.2) is 48.3 Å². The van der Waals surface area contributed by atoms with Crippen LogP contribution in [0, 0.1) is 0 Å². The summed E-state index contributed by atoms with van der Waals surface area (Å²) in [5, 5.41) is 3.89. The fraction of sp³-hybridized carbons (Fsp3) is 0.273. The number of morpholine rings is 1. The molecule has 1 aromatic heterocycles. The van der Waals surface area contributed by atoms with E-state index in [0.717, 1.165) is 4.90 Å². The van der Waals surface area contributed by atoms with E-state index in [2.05, 4.69) is 5.32 Å². The van der Waals surface area contributed by atoms with Crippen molar-refractivity contribution in [2.45, 2.75) is 17.1 Å². The van der Waals surface area contributed by atoms with E-state index < -0.39 is 0 Å². The maximum atomic E-state index is 13.1. The molecule has 0 radical (unpaired) electrons. The summed E-state index contributed by atoms with van der Waals surface area (Å²) in [5.41, 5.74) is 0.970. The Hall–Kier alpha value is -2.48. The van der Waals surface area contributed by atoms with Crippen LogP contribution in [0.15, 0.2) is 57.8 Å². The molecule has 1 N–H and O–H groups in total. The maximum absolute atomic E-state index is 13.1. The first kappa shape index (κ1) is 20.8. The highest BCUT2D eigenvalue weighted by molar-refractivity contribution is 8.00. The van der Waals surface area contributed by atoms with Gasteiger partial charge < -0.3 is 19.4 Å². The zero-order valence-corrected chi connectivity index (χ0v) is 18.0. The molecular formula is C22H21ClN2O4S. The molecule has 0 aliphatic carbocycles. The largest absolute Gasteiger partial charge is 0.449 e. The highest BCUT2D eigenvalue weighted by Gasteiger charge is 2.28.